The van der Waals surface area contributed by atoms with Crippen molar-refractivity contribution >= 4 is 5.69 Å². The minimum Gasteiger partial charge on any atom is -0.399 e. The smallest absolute Gasteiger partial charge is 0.0317 e. The van der Waals surface area contributed by atoms with E-state index >= 15 is 0 Å². The third kappa shape index (κ3) is 3.47. The molecule has 17 heavy (non-hydrogen) atoms. The maximum absolute atomic E-state index is 5.81. The van der Waals surface area contributed by atoms with Crippen molar-refractivity contribution < 1.29 is 0 Å². The predicted octanol–water partition coefficient (Wildman–Crippen LogP) is 3.14. The molecule has 1 aromatic rings. The molecule has 1 heterocycles. The first-order chi connectivity index (χ1) is 8.15. The molecule has 2 N–H and O–H groups in total. The highest BCUT2D eigenvalue weighted by molar-refractivity contribution is 5.40. The van der Waals surface area contributed by atoms with Crippen molar-refractivity contribution in [1.82, 2.24) is 4.90 Å². The quantitative estimate of drug-likeness (QED) is 0.811. The number of nitrogens with two attached hydrogens (primary N) is 1. The number of benzene rings is 1. The number of nitrogens with zero attached hydrogens (tertiary/aromatic N) is 1. The minimum absolute atomic E-state index is 0.838. The van der Waals surface area contributed by atoms with Crippen molar-refractivity contribution in [3.8, 4) is 0 Å². The molecule has 0 amide bonds. The molecule has 1 aliphatic heterocycles. The van der Waals surface area contributed by atoms with E-state index in [4.69, 9.17) is 5.73 Å². The Morgan fingerprint density at radius 1 is 1.29 bits per heavy atom. The third-order valence-corrected chi connectivity index (χ3v) is 3.93. The van der Waals surface area contributed by atoms with E-state index in [0.717, 1.165) is 24.1 Å². The van der Waals surface area contributed by atoms with Crippen molar-refractivity contribution in [2.45, 2.75) is 33.2 Å². The van der Waals surface area contributed by atoms with Crippen LogP contribution >= 0.6 is 0 Å². The highest BCUT2D eigenvalue weighted by atomic mass is 15.1. The fourth-order valence-electron chi connectivity index (χ4n) is 2.73. The maximum atomic E-state index is 5.81. The number of nitrogen functional groups attached to an aromatic ring is 1. The first kappa shape index (κ1) is 12.4. The Hall–Kier alpha value is -1.02. The number of hydrogen-bond acceptors (Lipinski definition) is 2. The van der Waals surface area contributed by atoms with Crippen LogP contribution in [0, 0.1) is 11.8 Å². The van der Waals surface area contributed by atoms with Crippen molar-refractivity contribution in [2.24, 2.45) is 11.8 Å². The molecule has 1 saturated heterocycles. The number of hydrogen-bond donors (Lipinski definition) is 1. The van der Waals surface area contributed by atoms with Crippen LogP contribution in [0.25, 0.3) is 0 Å². The lowest BCUT2D eigenvalue weighted by Gasteiger charge is -2.33. The maximum Gasteiger partial charge on any atom is 0.0317 e. The molecule has 1 fully saturated rings. The van der Waals surface area contributed by atoms with Crippen LogP contribution < -0.4 is 5.73 Å². The van der Waals surface area contributed by atoms with E-state index in [9.17, 15) is 0 Å². The molecule has 94 valence electrons. The second kappa shape index (κ2) is 5.54. The van der Waals surface area contributed by atoms with Crippen LogP contribution in [0.3, 0.4) is 0 Å². The number of rotatable bonds is 3. The van der Waals surface area contributed by atoms with Gasteiger partial charge in [0, 0.05) is 12.2 Å². The van der Waals surface area contributed by atoms with Gasteiger partial charge in [-0.2, -0.15) is 0 Å². The first-order valence-corrected chi connectivity index (χ1v) is 6.72. The molecule has 0 bridgehead atoms. The van der Waals surface area contributed by atoms with Gasteiger partial charge in [0.2, 0.25) is 0 Å². The highest BCUT2D eigenvalue weighted by Crippen LogP contribution is 2.25. The average Bonchev–Trinajstić information content (AvgIpc) is 2.29. The summed E-state index contributed by atoms with van der Waals surface area (Å²) >= 11 is 0. The molecular formula is C15H24N2. The number of anilines is 1. The van der Waals surface area contributed by atoms with Gasteiger partial charge in [0.15, 0.2) is 0 Å². The molecular weight excluding hydrogens is 208 g/mol. The Morgan fingerprint density at radius 2 is 2.00 bits per heavy atom. The van der Waals surface area contributed by atoms with E-state index in [0.29, 0.717) is 0 Å². The monoisotopic (exact) mass is 232 g/mol. The van der Waals surface area contributed by atoms with Gasteiger partial charge in [-0.05, 0) is 55.5 Å². The molecule has 2 nitrogen and oxygen atoms in total. The standard InChI is InChI=1S/C15H24N2/c1-12(2)14-6-8-17(9-7-14)11-13-4-3-5-15(16)10-13/h3-5,10,12,14H,6-9,11,16H2,1-2H3. The average molecular weight is 232 g/mol. The molecule has 0 saturated carbocycles. The number of likely N-dealkylation sites (tertiary alicyclic amines) is 1. The van der Waals surface area contributed by atoms with Crippen LogP contribution in [-0.2, 0) is 6.54 Å². The van der Waals surface area contributed by atoms with E-state index in [1.165, 1.54) is 31.5 Å². The molecule has 1 aliphatic rings. The molecule has 0 spiro atoms. The second-order valence-corrected chi connectivity index (χ2v) is 5.60. The predicted molar refractivity (Wildman–Crippen MR) is 73.7 cm³/mol. The summed E-state index contributed by atoms with van der Waals surface area (Å²) in [5, 5.41) is 0. The largest absolute Gasteiger partial charge is 0.399 e. The summed E-state index contributed by atoms with van der Waals surface area (Å²) in [5.41, 5.74) is 8.02. The van der Waals surface area contributed by atoms with Gasteiger partial charge < -0.3 is 5.73 Å². The highest BCUT2D eigenvalue weighted by Gasteiger charge is 2.21. The first-order valence-electron chi connectivity index (χ1n) is 6.72. The summed E-state index contributed by atoms with van der Waals surface area (Å²) in [5.74, 6) is 1.76. The molecule has 0 aliphatic carbocycles. The lowest BCUT2D eigenvalue weighted by atomic mass is 9.86. The van der Waals surface area contributed by atoms with Gasteiger partial charge in [-0.3, -0.25) is 4.90 Å². The summed E-state index contributed by atoms with van der Waals surface area (Å²) in [6.07, 6.45) is 2.69. The minimum atomic E-state index is 0.838. The van der Waals surface area contributed by atoms with Gasteiger partial charge in [0.25, 0.3) is 0 Å². The Morgan fingerprint density at radius 3 is 2.59 bits per heavy atom. The molecule has 0 radical (unpaired) electrons. The number of piperidine rings is 1. The summed E-state index contributed by atoms with van der Waals surface area (Å²) < 4.78 is 0. The summed E-state index contributed by atoms with van der Waals surface area (Å²) in [4.78, 5) is 2.55. The Balaban J connectivity index is 1.86. The van der Waals surface area contributed by atoms with Crippen LogP contribution in [0.4, 0.5) is 5.69 Å². The van der Waals surface area contributed by atoms with E-state index in [-0.39, 0.29) is 0 Å². The lowest BCUT2D eigenvalue weighted by molar-refractivity contribution is 0.152. The van der Waals surface area contributed by atoms with Crippen LogP contribution in [0.5, 0.6) is 0 Å². The lowest BCUT2D eigenvalue weighted by Crippen LogP contribution is -2.34. The Kier molecular flexibility index (Phi) is 4.06. The molecule has 0 aromatic heterocycles. The fourth-order valence-corrected chi connectivity index (χ4v) is 2.73. The van der Waals surface area contributed by atoms with Gasteiger partial charge in [-0.25, -0.2) is 0 Å². The summed E-state index contributed by atoms with van der Waals surface area (Å²) in [6, 6.07) is 8.26. The van der Waals surface area contributed by atoms with Crippen LogP contribution in [-0.4, -0.2) is 18.0 Å². The van der Waals surface area contributed by atoms with Crippen LogP contribution in [0.2, 0.25) is 0 Å². The van der Waals surface area contributed by atoms with Gasteiger partial charge in [-0.15, -0.1) is 0 Å². The Bertz CT molecular complexity index is 352. The normalized spacial score (nSPS) is 18.8. The zero-order chi connectivity index (χ0) is 12.3. The van der Waals surface area contributed by atoms with E-state index in [1.54, 1.807) is 0 Å². The molecule has 2 rings (SSSR count). The molecule has 0 unspecified atom stereocenters. The molecule has 2 heteroatoms. The zero-order valence-corrected chi connectivity index (χ0v) is 11.0. The van der Waals surface area contributed by atoms with Gasteiger partial charge >= 0.3 is 0 Å². The van der Waals surface area contributed by atoms with E-state index in [2.05, 4.69) is 30.9 Å². The second-order valence-electron chi connectivity index (χ2n) is 5.60. The fraction of sp³-hybridized carbons (Fsp3) is 0.600. The van der Waals surface area contributed by atoms with Crippen molar-refractivity contribution in [3.63, 3.8) is 0 Å². The third-order valence-electron chi connectivity index (χ3n) is 3.93. The Labute approximate surface area is 105 Å². The SMILES string of the molecule is CC(C)C1CCN(Cc2cccc(N)c2)CC1. The van der Waals surface area contributed by atoms with Crippen LogP contribution in [0.1, 0.15) is 32.3 Å². The van der Waals surface area contributed by atoms with Gasteiger partial charge in [0.1, 0.15) is 0 Å². The van der Waals surface area contributed by atoms with Crippen molar-refractivity contribution in [3.05, 3.63) is 29.8 Å². The van der Waals surface area contributed by atoms with Gasteiger partial charge in [-0.1, -0.05) is 26.0 Å². The van der Waals surface area contributed by atoms with Crippen LogP contribution in [0.15, 0.2) is 24.3 Å². The summed E-state index contributed by atoms with van der Waals surface area (Å²) in [7, 11) is 0. The van der Waals surface area contributed by atoms with Crippen molar-refractivity contribution in [1.29, 1.82) is 0 Å². The topological polar surface area (TPSA) is 29.3 Å². The molecule has 1 aromatic carbocycles. The zero-order valence-electron chi connectivity index (χ0n) is 11.0. The van der Waals surface area contributed by atoms with E-state index < -0.39 is 0 Å². The van der Waals surface area contributed by atoms with E-state index in [1.807, 2.05) is 12.1 Å². The summed E-state index contributed by atoms with van der Waals surface area (Å²) in [6.45, 7) is 8.21. The molecule has 0 atom stereocenters. The van der Waals surface area contributed by atoms with Crippen molar-refractivity contribution in [2.75, 3.05) is 18.8 Å². The van der Waals surface area contributed by atoms with Gasteiger partial charge in [0.05, 0.1) is 0 Å².